The number of hydrogen-bond acceptors (Lipinski definition) is 2. The molecule has 21 heavy (non-hydrogen) atoms. The van der Waals surface area contributed by atoms with Crippen molar-refractivity contribution in [3.8, 4) is 0 Å². The molecule has 1 unspecified atom stereocenters. The minimum atomic E-state index is -0.507. The smallest absolute Gasteiger partial charge is 0.144 e. The molecule has 1 aliphatic rings. The van der Waals surface area contributed by atoms with E-state index in [1.807, 2.05) is 0 Å². The van der Waals surface area contributed by atoms with Crippen LogP contribution in [0.15, 0.2) is 16.6 Å². The molecule has 1 aromatic carbocycles. The van der Waals surface area contributed by atoms with E-state index in [4.69, 9.17) is 0 Å². The minimum Gasteiger partial charge on any atom is -0.312 e. The van der Waals surface area contributed by atoms with Gasteiger partial charge >= 0.3 is 0 Å². The molecule has 118 valence electrons. The molecule has 0 spiro atoms. The first-order chi connectivity index (χ1) is 10.1. The normalized spacial score (nSPS) is 19.9. The summed E-state index contributed by atoms with van der Waals surface area (Å²) in [5.41, 5.74) is 0.107. The van der Waals surface area contributed by atoms with Gasteiger partial charge in [-0.05, 0) is 73.9 Å². The molecule has 1 fully saturated rings. The molecule has 0 amide bonds. The van der Waals surface area contributed by atoms with Crippen molar-refractivity contribution in [2.24, 2.45) is 0 Å². The highest BCUT2D eigenvalue weighted by Gasteiger charge is 2.17. The predicted octanol–water partition coefficient (Wildman–Crippen LogP) is 4.08. The van der Waals surface area contributed by atoms with Crippen LogP contribution in [0.3, 0.4) is 0 Å². The fraction of sp³-hybridized carbons (Fsp3) is 0.625. The van der Waals surface area contributed by atoms with Gasteiger partial charge in [0.05, 0.1) is 4.47 Å². The molecular formula is C16H23BrF2N2. The van der Waals surface area contributed by atoms with Gasteiger partial charge in [0, 0.05) is 18.2 Å². The summed E-state index contributed by atoms with van der Waals surface area (Å²) in [5, 5.41) is 3.14. The van der Waals surface area contributed by atoms with Crippen molar-refractivity contribution in [2.45, 2.75) is 45.2 Å². The van der Waals surface area contributed by atoms with E-state index in [9.17, 15) is 8.78 Å². The summed E-state index contributed by atoms with van der Waals surface area (Å²) in [7, 11) is 0. The first-order valence-corrected chi connectivity index (χ1v) is 8.46. The molecule has 0 saturated carbocycles. The fourth-order valence-corrected chi connectivity index (χ4v) is 3.21. The Hall–Kier alpha value is -0.520. The molecule has 0 bridgehead atoms. The molecule has 1 heterocycles. The third kappa shape index (κ3) is 4.73. The summed E-state index contributed by atoms with van der Waals surface area (Å²) in [5.74, 6) is -1.000. The Morgan fingerprint density at radius 2 is 2.14 bits per heavy atom. The lowest BCUT2D eigenvalue weighted by atomic mass is 10.0. The lowest BCUT2D eigenvalue weighted by Gasteiger charge is -2.33. The number of benzene rings is 1. The Morgan fingerprint density at radius 3 is 2.90 bits per heavy atom. The van der Waals surface area contributed by atoms with Crippen molar-refractivity contribution in [3.63, 3.8) is 0 Å². The van der Waals surface area contributed by atoms with E-state index in [1.165, 1.54) is 37.9 Å². The topological polar surface area (TPSA) is 15.3 Å². The maximum atomic E-state index is 13.8. The minimum absolute atomic E-state index is 0.107. The quantitative estimate of drug-likeness (QED) is 0.607. The second kappa shape index (κ2) is 8.20. The van der Waals surface area contributed by atoms with Crippen LogP contribution >= 0.6 is 15.9 Å². The Balaban J connectivity index is 1.71. The van der Waals surface area contributed by atoms with Crippen molar-refractivity contribution < 1.29 is 8.78 Å². The van der Waals surface area contributed by atoms with E-state index in [0.717, 1.165) is 19.5 Å². The van der Waals surface area contributed by atoms with E-state index < -0.39 is 11.6 Å². The van der Waals surface area contributed by atoms with Gasteiger partial charge in [-0.1, -0.05) is 6.42 Å². The summed E-state index contributed by atoms with van der Waals surface area (Å²) < 4.78 is 27.7. The average Bonchev–Trinajstić information content (AvgIpc) is 2.48. The van der Waals surface area contributed by atoms with Crippen LogP contribution in [-0.2, 0) is 6.54 Å². The number of likely N-dealkylation sites (tertiary alicyclic amines) is 1. The lowest BCUT2D eigenvalue weighted by Crippen LogP contribution is -2.38. The van der Waals surface area contributed by atoms with Crippen molar-refractivity contribution in [1.29, 1.82) is 0 Å². The first-order valence-electron chi connectivity index (χ1n) is 7.66. The van der Waals surface area contributed by atoms with Crippen molar-refractivity contribution >= 4 is 15.9 Å². The molecular weight excluding hydrogens is 338 g/mol. The second-order valence-corrected chi connectivity index (χ2v) is 6.59. The van der Waals surface area contributed by atoms with E-state index in [2.05, 4.69) is 33.1 Å². The van der Waals surface area contributed by atoms with Gasteiger partial charge in [-0.3, -0.25) is 0 Å². The zero-order chi connectivity index (χ0) is 15.2. The number of piperidine rings is 1. The monoisotopic (exact) mass is 360 g/mol. The van der Waals surface area contributed by atoms with Crippen molar-refractivity contribution in [1.82, 2.24) is 10.2 Å². The molecule has 1 aromatic rings. The van der Waals surface area contributed by atoms with Gasteiger partial charge in [-0.2, -0.15) is 0 Å². The summed E-state index contributed by atoms with van der Waals surface area (Å²) in [6, 6.07) is 3.35. The molecule has 2 rings (SSSR count). The molecule has 0 aliphatic carbocycles. The van der Waals surface area contributed by atoms with Gasteiger partial charge in [0.1, 0.15) is 11.6 Å². The third-order valence-corrected chi connectivity index (χ3v) is 4.79. The highest BCUT2D eigenvalue weighted by molar-refractivity contribution is 9.10. The van der Waals surface area contributed by atoms with E-state index >= 15 is 0 Å². The van der Waals surface area contributed by atoms with Gasteiger partial charge in [0.15, 0.2) is 0 Å². The van der Waals surface area contributed by atoms with Crippen LogP contribution in [0.1, 0.15) is 38.2 Å². The van der Waals surface area contributed by atoms with Crippen LogP contribution in [0.5, 0.6) is 0 Å². The number of halogens is 3. The van der Waals surface area contributed by atoms with Gasteiger partial charge < -0.3 is 10.2 Å². The zero-order valence-corrected chi connectivity index (χ0v) is 14.1. The molecule has 5 heteroatoms. The summed E-state index contributed by atoms with van der Waals surface area (Å²) >= 11 is 3.09. The average molecular weight is 361 g/mol. The van der Waals surface area contributed by atoms with Gasteiger partial charge in [-0.15, -0.1) is 0 Å². The standard InChI is InChI=1S/C16H23BrF2N2/c1-12-5-2-3-9-21(12)10-4-8-20-11-13-15(18)7-6-14(17)16(13)19/h6-7,12,20H,2-5,8-11H2,1H3. The largest absolute Gasteiger partial charge is 0.312 e. The van der Waals surface area contributed by atoms with E-state index in [0.29, 0.717) is 10.5 Å². The van der Waals surface area contributed by atoms with Crippen molar-refractivity contribution in [3.05, 3.63) is 33.8 Å². The molecule has 2 nitrogen and oxygen atoms in total. The number of rotatable bonds is 6. The Kier molecular flexibility index (Phi) is 6.58. The van der Waals surface area contributed by atoms with Gasteiger partial charge in [0.2, 0.25) is 0 Å². The SMILES string of the molecule is CC1CCCCN1CCCNCc1c(F)ccc(Br)c1F. The van der Waals surface area contributed by atoms with Gasteiger partial charge in [0.25, 0.3) is 0 Å². The predicted molar refractivity (Wildman–Crippen MR) is 85.3 cm³/mol. The number of nitrogens with zero attached hydrogens (tertiary/aromatic N) is 1. The zero-order valence-electron chi connectivity index (χ0n) is 12.5. The Bertz CT molecular complexity index is 468. The second-order valence-electron chi connectivity index (χ2n) is 5.73. The van der Waals surface area contributed by atoms with Crippen LogP contribution in [0, 0.1) is 11.6 Å². The van der Waals surface area contributed by atoms with Crippen LogP contribution < -0.4 is 5.32 Å². The maximum absolute atomic E-state index is 13.8. The highest BCUT2D eigenvalue weighted by atomic mass is 79.9. The summed E-state index contributed by atoms with van der Waals surface area (Å²) in [6.45, 7) is 5.51. The van der Waals surface area contributed by atoms with Crippen LogP contribution in [0.4, 0.5) is 8.78 Å². The Labute approximate surface area is 134 Å². The van der Waals surface area contributed by atoms with Crippen LogP contribution in [0.2, 0.25) is 0 Å². The maximum Gasteiger partial charge on any atom is 0.144 e. The summed E-state index contributed by atoms with van der Waals surface area (Å²) in [4.78, 5) is 2.51. The van der Waals surface area contributed by atoms with E-state index in [-0.39, 0.29) is 12.1 Å². The fourth-order valence-electron chi connectivity index (χ4n) is 2.84. The van der Waals surface area contributed by atoms with Gasteiger partial charge in [-0.25, -0.2) is 8.78 Å². The lowest BCUT2D eigenvalue weighted by molar-refractivity contribution is 0.159. The summed E-state index contributed by atoms with van der Waals surface area (Å²) in [6.07, 6.45) is 4.90. The highest BCUT2D eigenvalue weighted by Crippen LogP contribution is 2.21. The number of hydrogen-bond donors (Lipinski definition) is 1. The molecule has 1 N–H and O–H groups in total. The van der Waals surface area contributed by atoms with E-state index in [1.54, 1.807) is 0 Å². The van der Waals surface area contributed by atoms with Crippen molar-refractivity contribution in [2.75, 3.05) is 19.6 Å². The molecule has 1 atom stereocenters. The number of nitrogens with one attached hydrogen (secondary N) is 1. The van der Waals surface area contributed by atoms with Crippen LogP contribution in [0.25, 0.3) is 0 Å². The molecule has 0 radical (unpaired) electrons. The van der Waals surface area contributed by atoms with Crippen LogP contribution in [-0.4, -0.2) is 30.6 Å². The first kappa shape index (κ1) is 16.8. The molecule has 0 aromatic heterocycles. The molecule has 1 saturated heterocycles. The molecule has 1 aliphatic heterocycles. The Morgan fingerprint density at radius 1 is 1.33 bits per heavy atom. The third-order valence-electron chi connectivity index (χ3n) is 4.18.